The van der Waals surface area contributed by atoms with Crippen LogP contribution < -0.4 is 0 Å². The second kappa shape index (κ2) is 7.81. The number of rotatable bonds is 5. The van der Waals surface area contributed by atoms with Crippen molar-refractivity contribution in [1.82, 2.24) is 0 Å². The van der Waals surface area contributed by atoms with Crippen LogP contribution in [0.2, 0.25) is 0 Å². The predicted octanol–water partition coefficient (Wildman–Crippen LogP) is 7.80. The lowest BCUT2D eigenvalue weighted by Gasteiger charge is -2.63. The Labute approximate surface area is 197 Å². The van der Waals surface area contributed by atoms with Gasteiger partial charge >= 0.3 is 0 Å². The highest BCUT2D eigenvalue weighted by Gasteiger charge is 2.65. The van der Waals surface area contributed by atoms with E-state index in [2.05, 4.69) is 61.5 Å². The number of carbonyl (C=O) groups excluding carboxylic acids is 2. The third-order valence-corrected chi connectivity index (χ3v) is 11.5. The summed E-state index contributed by atoms with van der Waals surface area (Å²) in [6.45, 7) is 18.7. The molecule has 0 bridgehead atoms. The zero-order chi connectivity index (χ0) is 23.7. The Morgan fingerprint density at radius 2 is 1.69 bits per heavy atom. The molecule has 3 fully saturated rings. The monoisotopic (exact) mass is 440 g/mol. The lowest BCUT2D eigenvalue weighted by molar-refractivity contribution is -0.146. The number of fused-ring (bicyclic) bond motifs is 5. The third kappa shape index (κ3) is 3.32. The average molecular weight is 441 g/mol. The lowest BCUT2D eigenvalue weighted by Crippen LogP contribution is -2.57. The van der Waals surface area contributed by atoms with E-state index < -0.39 is 0 Å². The van der Waals surface area contributed by atoms with Gasteiger partial charge in [0.25, 0.3) is 0 Å². The molecule has 0 amide bonds. The number of allylic oxidation sites excluding steroid dienone is 2. The molecular weight excluding hydrogens is 392 g/mol. The van der Waals surface area contributed by atoms with Crippen molar-refractivity contribution >= 4 is 11.6 Å². The van der Waals surface area contributed by atoms with Crippen molar-refractivity contribution in [2.75, 3.05) is 0 Å². The summed E-state index contributed by atoms with van der Waals surface area (Å²) < 4.78 is 0. The standard InChI is InChI=1S/C30H48O2/c1-19(2)17-21(31)18-20(3)22-11-15-30(8)24-9-10-25-27(4,5)26(32)13-14-28(25,6)23(24)12-16-29(22,30)7/h9,19-20,22-23,25H,10-18H2,1-8H3. The maximum atomic E-state index is 12.8. The Morgan fingerprint density at radius 1 is 1.00 bits per heavy atom. The molecule has 0 aliphatic heterocycles. The van der Waals surface area contributed by atoms with Gasteiger partial charge in [0.1, 0.15) is 11.6 Å². The summed E-state index contributed by atoms with van der Waals surface area (Å²) >= 11 is 0. The van der Waals surface area contributed by atoms with Crippen LogP contribution in [0.25, 0.3) is 0 Å². The van der Waals surface area contributed by atoms with E-state index in [0.29, 0.717) is 41.2 Å². The molecule has 7 unspecified atom stereocenters. The van der Waals surface area contributed by atoms with Gasteiger partial charge in [-0.15, -0.1) is 0 Å². The largest absolute Gasteiger partial charge is 0.300 e. The van der Waals surface area contributed by atoms with Gasteiger partial charge in [0.15, 0.2) is 0 Å². The quantitative estimate of drug-likeness (QED) is 0.409. The zero-order valence-electron chi connectivity index (χ0n) is 22.1. The van der Waals surface area contributed by atoms with E-state index in [1.165, 1.54) is 25.7 Å². The van der Waals surface area contributed by atoms with Crippen molar-refractivity contribution < 1.29 is 9.59 Å². The Balaban J connectivity index is 1.62. The van der Waals surface area contributed by atoms with Gasteiger partial charge in [-0.25, -0.2) is 0 Å². The van der Waals surface area contributed by atoms with Crippen molar-refractivity contribution in [2.45, 2.75) is 113 Å². The number of carbonyl (C=O) groups is 2. The summed E-state index contributed by atoms with van der Waals surface area (Å²) in [4.78, 5) is 25.4. The molecule has 0 radical (unpaired) electrons. The molecule has 4 rings (SSSR count). The van der Waals surface area contributed by atoms with E-state index in [1.54, 1.807) is 5.57 Å². The minimum atomic E-state index is -0.194. The predicted molar refractivity (Wildman–Crippen MR) is 132 cm³/mol. The van der Waals surface area contributed by atoms with Crippen LogP contribution in [-0.2, 0) is 9.59 Å². The average Bonchev–Trinajstić information content (AvgIpc) is 2.96. The number of ketones is 2. The number of hydrogen-bond acceptors (Lipinski definition) is 2. The first-order chi connectivity index (χ1) is 14.8. The molecule has 180 valence electrons. The first-order valence-corrected chi connectivity index (χ1v) is 13.5. The van der Waals surface area contributed by atoms with Crippen LogP contribution in [-0.4, -0.2) is 11.6 Å². The van der Waals surface area contributed by atoms with Crippen LogP contribution in [0, 0.1) is 51.2 Å². The minimum Gasteiger partial charge on any atom is -0.300 e. The summed E-state index contributed by atoms with van der Waals surface area (Å²) in [7, 11) is 0. The molecule has 0 saturated heterocycles. The molecule has 2 nitrogen and oxygen atoms in total. The van der Waals surface area contributed by atoms with Crippen LogP contribution in [0.1, 0.15) is 113 Å². The summed E-state index contributed by atoms with van der Waals surface area (Å²) in [6.07, 6.45) is 12.0. The smallest absolute Gasteiger partial charge is 0.138 e. The van der Waals surface area contributed by atoms with Crippen LogP contribution in [0.15, 0.2) is 11.6 Å². The highest BCUT2D eigenvalue weighted by molar-refractivity contribution is 5.85. The van der Waals surface area contributed by atoms with Crippen molar-refractivity contribution in [2.24, 2.45) is 51.2 Å². The summed E-state index contributed by atoms with van der Waals surface area (Å²) in [5.74, 6) is 3.61. The molecule has 4 aliphatic rings. The molecule has 3 saturated carbocycles. The molecule has 2 heteroatoms. The van der Waals surface area contributed by atoms with E-state index in [1.807, 2.05) is 0 Å². The van der Waals surface area contributed by atoms with E-state index in [-0.39, 0.29) is 21.7 Å². The second-order valence-corrected chi connectivity index (χ2v) is 13.9. The number of Topliss-reactive ketones (excluding diaryl/α,β-unsaturated/α-hetero) is 2. The Kier molecular flexibility index (Phi) is 5.91. The molecule has 4 aliphatic carbocycles. The van der Waals surface area contributed by atoms with Gasteiger partial charge in [-0.1, -0.05) is 67.0 Å². The van der Waals surface area contributed by atoms with Gasteiger partial charge in [-0.2, -0.15) is 0 Å². The first-order valence-electron chi connectivity index (χ1n) is 13.5. The summed E-state index contributed by atoms with van der Waals surface area (Å²) in [5.41, 5.74) is 2.33. The Morgan fingerprint density at radius 3 is 2.34 bits per heavy atom. The van der Waals surface area contributed by atoms with Gasteiger partial charge < -0.3 is 0 Å². The van der Waals surface area contributed by atoms with Gasteiger partial charge in [0.2, 0.25) is 0 Å². The van der Waals surface area contributed by atoms with Crippen molar-refractivity contribution in [3.05, 3.63) is 11.6 Å². The summed E-state index contributed by atoms with van der Waals surface area (Å²) in [5, 5.41) is 0. The fourth-order valence-electron chi connectivity index (χ4n) is 9.51. The highest BCUT2D eigenvalue weighted by atomic mass is 16.1. The molecule has 7 atom stereocenters. The molecule has 0 N–H and O–H groups in total. The van der Waals surface area contributed by atoms with Crippen LogP contribution in [0.5, 0.6) is 0 Å². The van der Waals surface area contributed by atoms with Gasteiger partial charge in [-0.3, -0.25) is 9.59 Å². The fourth-order valence-corrected chi connectivity index (χ4v) is 9.51. The second-order valence-electron chi connectivity index (χ2n) is 13.9. The van der Waals surface area contributed by atoms with Crippen molar-refractivity contribution in [1.29, 1.82) is 0 Å². The Bertz CT molecular complexity index is 819. The topological polar surface area (TPSA) is 34.1 Å². The summed E-state index contributed by atoms with van der Waals surface area (Å²) in [6, 6.07) is 0. The molecule has 0 aromatic heterocycles. The highest BCUT2D eigenvalue weighted by Crippen LogP contribution is 2.73. The molecule has 0 spiro atoms. The molecule has 0 aromatic carbocycles. The fraction of sp³-hybridized carbons (Fsp3) is 0.867. The van der Waals surface area contributed by atoms with Crippen LogP contribution >= 0.6 is 0 Å². The first kappa shape index (κ1) is 24.2. The van der Waals surface area contributed by atoms with Crippen molar-refractivity contribution in [3.63, 3.8) is 0 Å². The normalized spacial score (nSPS) is 43.8. The van der Waals surface area contributed by atoms with Crippen LogP contribution in [0.4, 0.5) is 0 Å². The molecule has 0 heterocycles. The Hall–Kier alpha value is -0.920. The van der Waals surface area contributed by atoms with Gasteiger partial charge in [0.05, 0.1) is 0 Å². The third-order valence-electron chi connectivity index (χ3n) is 11.5. The van der Waals surface area contributed by atoms with Crippen molar-refractivity contribution in [3.8, 4) is 0 Å². The van der Waals surface area contributed by atoms with Crippen LogP contribution in [0.3, 0.4) is 0 Å². The van der Waals surface area contributed by atoms with Gasteiger partial charge in [0, 0.05) is 24.7 Å². The SMILES string of the molecule is CC(C)CC(=O)CC(C)C1CCC2(C)C3=CCC4C(C)(C)C(=O)CCC4(C)C3CCC12C. The lowest BCUT2D eigenvalue weighted by atomic mass is 9.41. The molecular formula is C30H48O2. The number of hydrogen-bond donors (Lipinski definition) is 0. The van der Waals surface area contributed by atoms with E-state index in [0.717, 1.165) is 32.1 Å². The maximum Gasteiger partial charge on any atom is 0.138 e. The minimum absolute atomic E-state index is 0.194. The zero-order valence-corrected chi connectivity index (χ0v) is 22.1. The molecule has 32 heavy (non-hydrogen) atoms. The molecule has 0 aromatic rings. The van der Waals surface area contributed by atoms with E-state index in [4.69, 9.17) is 0 Å². The van der Waals surface area contributed by atoms with E-state index >= 15 is 0 Å². The maximum absolute atomic E-state index is 12.8. The van der Waals surface area contributed by atoms with E-state index in [9.17, 15) is 9.59 Å². The van der Waals surface area contributed by atoms with Gasteiger partial charge in [-0.05, 0) is 84.4 Å².